The summed E-state index contributed by atoms with van der Waals surface area (Å²) in [4.78, 5) is 29.0. The first kappa shape index (κ1) is 27.1. The van der Waals surface area contributed by atoms with E-state index in [1.54, 1.807) is 59.1 Å². The molecule has 200 valence electrons. The second-order valence-corrected chi connectivity index (χ2v) is 11.4. The van der Waals surface area contributed by atoms with E-state index in [9.17, 15) is 19.1 Å². The van der Waals surface area contributed by atoms with Crippen molar-refractivity contribution < 1.29 is 19.0 Å². The van der Waals surface area contributed by atoms with Crippen molar-refractivity contribution in [3.05, 3.63) is 81.2 Å². The summed E-state index contributed by atoms with van der Waals surface area (Å²) in [7, 11) is 1.63. The van der Waals surface area contributed by atoms with Crippen LogP contribution in [0.25, 0.3) is 22.0 Å². The molecule has 4 aromatic rings. The zero-order valence-corrected chi connectivity index (χ0v) is 23.0. The van der Waals surface area contributed by atoms with E-state index in [1.165, 1.54) is 16.7 Å². The summed E-state index contributed by atoms with van der Waals surface area (Å²) in [6.45, 7) is 12.5. The number of pyridine rings is 1. The van der Waals surface area contributed by atoms with Gasteiger partial charge in [0.2, 0.25) is 0 Å². The molecule has 0 fully saturated rings. The molecular weight excluding hydrogens is 485 g/mol. The van der Waals surface area contributed by atoms with Gasteiger partial charge in [-0.3, -0.25) is 9.59 Å². The van der Waals surface area contributed by atoms with Gasteiger partial charge in [-0.2, -0.15) is 0 Å². The van der Waals surface area contributed by atoms with Gasteiger partial charge in [-0.15, -0.1) is 0 Å². The van der Waals surface area contributed by atoms with Gasteiger partial charge in [0.05, 0.1) is 5.60 Å². The molecule has 7 nitrogen and oxygen atoms in total. The summed E-state index contributed by atoms with van der Waals surface area (Å²) < 4.78 is 21.8. The quantitative estimate of drug-likeness (QED) is 0.309. The molecule has 2 aromatic carbocycles. The van der Waals surface area contributed by atoms with Gasteiger partial charge in [-0.1, -0.05) is 6.07 Å². The van der Waals surface area contributed by atoms with E-state index in [2.05, 4.69) is 10.3 Å². The predicted octanol–water partition coefficient (Wildman–Crippen LogP) is 5.84. The Labute approximate surface area is 221 Å². The number of halogens is 1. The summed E-state index contributed by atoms with van der Waals surface area (Å²) in [6.07, 6.45) is 1.69. The number of nitrogens with one attached hydrogen (secondary N) is 2. The number of hydrogen-bond acceptors (Lipinski definition) is 4. The third-order valence-electron chi connectivity index (χ3n) is 6.31. The fourth-order valence-corrected chi connectivity index (χ4v) is 4.46. The normalized spacial score (nSPS) is 12.2. The van der Waals surface area contributed by atoms with Crippen molar-refractivity contribution in [2.75, 3.05) is 0 Å². The number of rotatable bonds is 5. The standard InChI is InChI=1S/C30H34FN3O4/c1-16-11-19(31)12-17(2)26(16)38-24-10-9-18(30(6,7)37)13-20(24)22-15-34(8)28(36)25-21(22)14-23(32-25)27(35)33-29(3,4)5/h9-15,32,37H,1-8H3,(H,33,35). The smallest absolute Gasteiger partial charge is 0.274 e. The Bertz CT molecular complexity index is 1590. The molecule has 0 radical (unpaired) electrons. The number of amides is 1. The van der Waals surface area contributed by atoms with Gasteiger partial charge in [-0.05, 0) is 95.5 Å². The van der Waals surface area contributed by atoms with Crippen molar-refractivity contribution in [1.29, 1.82) is 0 Å². The zero-order valence-electron chi connectivity index (χ0n) is 23.0. The number of aryl methyl sites for hydroxylation is 3. The lowest BCUT2D eigenvalue weighted by Gasteiger charge is -2.22. The van der Waals surface area contributed by atoms with Crippen LogP contribution in [0.5, 0.6) is 11.5 Å². The fraction of sp³-hybridized carbons (Fsp3) is 0.333. The molecule has 3 N–H and O–H groups in total. The Morgan fingerprint density at radius 3 is 2.24 bits per heavy atom. The lowest BCUT2D eigenvalue weighted by molar-refractivity contribution is 0.0786. The molecule has 0 atom stereocenters. The molecule has 38 heavy (non-hydrogen) atoms. The van der Waals surface area contributed by atoms with Gasteiger partial charge in [-0.25, -0.2) is 4.39 Å². The van der Waals surface area contributed by atoms with Crippen molar-refractivity contribution in [2.24, 2.45) is 7.05 Å². The van der Waals surface area contributed by atoms with Gasteiger partial charge >= 0.3 is 0 Å². The molecule has 4 rings (SSSR count). The average molecular weight is 520 g/mol. The van der Waals surface area contributed by atoms with E-state index in [4.69, 9.17) is 4.74 Å². The van der Waals surface area contributed by atoms with E-state index in [-0.39, 0.29) is 28.5 Å². The Morgan fingerprint density at radius 2 is 1.66 bits per heavy atom. The van der Waals surface area contributed by atoms with E-state index in [0.717, 1.165) is 0 Å². The van der Waals surface area contributed by atoms with Crippen LogP contribution in [0, 0.1) is 19.7 Å². The second kappa shape index (κ2) is 9.44. The molecule has 0 aliphatic carbocycles. The molecule has 8 heteroatoms. The number of carbonyl (C=O) groups excluding carboxylic acids is 1. The van der Waals surface area contributed by atoms with Crippen LogP contribution in [0.2, 0.25) is 0 Å². The van der Waals surface area contributed by atoms with E-state index >= 15 is 0 Å². The highest BCUT2D eigenvalue weighted by atomic mass is 19.1. The number of benzene rings is 2. The lowest BCUT2D eigenvalue weighted by Crippen LogP contribution is -2.40. The maximum Gasteiger partial charge on any atom is 0.274 e. The molecule has 0 aliphatic heterocycles. The maximum atomic E-state index is 14.0. The number of hydrogen-bond donors (Lipinski definition) is 3. The number of ether oxygens (including phenoxy) is 1. The summed E-state index contributed by atoms with van der Waals surface area (Å²) >= 11 is 0. The molecular formula is C30H34FN3O4. The number of aromatic nitrogens is 2. The number of aromatic amines is 1. The number of aliphatic hydroxyl groups is 1. The Balaban J connectivity index is 1.98. The van der Waals surface area contributed by atoms with Crippen LogP contribution in [0.4, 0.5) is 4.39 Å². The highest BCUT2D eigenvalue weighted by molar-refractivity contribution is 6.03. The summed E-state index contributed by atoms with van der Waals surface area (Å²) in [6, 6.07) is 9.80. The largest absolute Gasteiger partial charge is 0.456 e. The Kier molecular flexibility index (Phi) is 6.74. The maximum absolute atomic E-state index is 14.0. The number of fused-ring (bicyclic) bond motifs is 1. The summed E-state index contributed by atoms with van der Waals surface area (Å²) in [5.74, 6) is 0.292. The monoisotopic (exact) mass is 519 g/mol. The summed E-state index contributed by atoms with van der Waals surface area (Å²) in [5, 5.41) is 14.2. The average Bonchev–Trinajstić information content (AvgIpc) is 3.23. The minimum Gasteiger partial charge on any atom is -0.456 e. The Hall–Kier alpha value is -3.91. The SMILES string of the molecule is Cc1cc(F)cc(C)c1Oc1ccc(C(C)(C)O)cc1-c1cn(C)c(=O)c2[nH]c(C(=O)NC(C)(C)C)cc12. The molecule has 2 heterocycles. The highest BCUT2D eigenvalue weighted by Crippen LogP contribution is 2.40. The van der Waals surface area contributed by atoms with Crippen LogP contribution in [0.3, 0.4) is 0 Å². The lowest BCUT2D eigenvalue weighted by atomic mass is 9.93. The van der Waals surface area contributed by atoms with Gasteiger partial charge in [0.15, 0.2) is 0 Å². The Morgan fingerprint density at radius 1 is 1.03 bits per heavy atom. The minimum atomic E-state index is -1.15. The minimum absolute atomic E-state index is 0.255. The molecule has 0 bridgehead atoms. The third-order valence-corrected chi connectivity index (χ3v) is 6.31. The molecule has 0 aliphatic rings. The van der Waals surface area contributed by atoms with Gasteiger partial charge in [0.25, 0.3) is 11.5 Å². The van der Waals surface area contributed by atoms with Crippen LogP contribution in [-0.2, 0) is 12.6 Å². The van der Waals surface area contributed by atoms with Crippen molar-refractivity contribution in [3.8, 4) is 22.6 Å². The fourth-order valence-electron chi connectivity index (χ4n) is 4.46. The van der Waals surface area contributed by atoms with Crippen molar-refractivity contribution in [3.63, 3.8) is 0 Å². The van der Waals surface area contributed by atoms with Crippen LogP contribution in [0.1, 0.15) is 61.8 Å². The van der Waals surface area contributed by atoms with E-state index < -0.39 is 11.1 Å². The van der Waals surface area contributed by atoms with Crippen LogP contribution >= 0.6 is 0 Å². The molecule has 0 spiro atoms. The highest BCUT2D eigenvalue weighted by Gasteiger charge is 2.24. The van der Waals surface area contributed by atoms with Gasteiger partial charge in [0, 0.05) is 35.3 Å². The first-order chi connectivity index (χ1) is 17.5. The third kappa shape index (κ3) is 5.36. The van der Waals surface area contributed by atoms with Crippen LogP contribution in [0.15, 0.2) is 47.4 Å². The van der Waals surface area contributed by atoms with Crippen LogP contribution in [-0.4, -0.2) is 26.1 Å². The number of nitrogens with zero attached hydrogens (tertiary/aromatic N) is 1. The second-order valence-electron chi connectivity index (χ2n) is 11.4. The van der Waals surface area contributed by atoms with Gasteiger partial charge in [0.1, 0.15) is 28.5 Å². The number of H-pyrrole nitrogens is 1. The van der Waals surface area contributed by atoms with E-state index in [0.29, 0.717) is 44.7 Å². The van der Waals surface area contributed by atoms with Crippen LogP contribution < -0.4 is 15.6 Å². The first-order valence-corrected chi connectivity index (χ1v) is 12.4. The molecule has 0 saturated heterocycles. The van der Waals surface area contributed by atoms with E-state index in [1.807, 2.05) is 26.8 Å². The van der Waals surface area contributed by atoms with Crippen molar-refractivity contribution >= 4 is 16.8 Å². The topological polar surface area (TPSA) is 96.3 Å². The zero-order chi connectivity index (χ0) is 28.2. The molecule has 1 amide bonds. The predicted molar refractivity (Wildman–Crippen MR) is 147 cm³/mol. The number of carbonyl (C=O) groups is 1. The first-order valence-electron chi connectivity index (χ1n) is 12.4. The van der Waals surface area contributed by atoms with Gasteiger partial charge < -0.3 is 24.7 Å². The van der Waals surface area contributed by atoms with Crippen molar-refractivity contribution in [2.45, 2.75) is 59.6 Å². The molecule has 0 unspecified atom stereocenters. The summed E-state index contributed by atoms with van der Waals surface area (Å²) in [5.41, 5.74) is 1.77. The molecule has 0 saturated carbocycles. The molecule has 2 aromatic heterocycles. The van der Waals surface area contributed by atoms with Crippen molar-refractivity contribution in [1.82, 2.24) is 14.9 Å².